The summed E-state index contributed by atoms with van der Waals surface area (Å²) in [5.74, 6) is 0. The van der Waals surface area contributed by atoms with Crippen LogP contribution in [-0.4, -0.2) is 4.98 Å². The Morgan fingerprint density at radius 1 is 1.31 bits per heavy atom. The van der Waals surface area contributed by atoms with E-state index in [9.17, 15) is 0 Å². The topological polar surface area (TPSA) is 38.9 Å². The van der Waals surface area contributed by atoms with Crippen molar-refractivity contribution in [2.24, 2.45) is 0 Å². The summed E-state index contributed by atoms with van der Waals surface area (Å²) in [6.07, 6.45) is 2.02. The van der Waals surface area contributed by atoms with Gasteiger partial charge >= 0.3 is 0 Å². The molecule has 0 saturated heterocycles. The van der Waals surface area contributed by atoms with Crippen LogP contribution < -0.4 is 5.73 Å². The summed E-state index contributed by atoms with van der Waals surface area (Å²) in [5, 5.41) is 1.73. The zero-order chi connectivity index (χ0) is 11.7. The van der Waals surface area contributed by atoms with Gasteiger partial charge in [0, 0.05) is 21.8 Å². The molecule has 2 aromatic rings. The average molecular weight is 235 g/mol. The van der Waals surface area contributed by atoms with Crippen molar-refractivity contribution < 1.29 is 0 Å². The quantitative estimate of drug-likeness (QED) is 0.860. The Morgan fingerprint density at radius 3 is 2.75 bits per heavy atom. The Balaban J connectivity index is 2.67. The molecule has 1 aromatic carbocycles. The van der Waals surface area contributed by atoms with E-state index in [1.807, 2.05) is 25.1 Å². The molecule has 0 radical (unpaired) electrons. The summed E-state index contributed by atoms with van der Waals surface area (Å²) in [6, 6.07) is 5.84. The number of nitrogens with two attached hydrogens (primary N) is 1. The average Bonchev–Trinajstić information content (AvgIpc) is 2.22. The second-order valence-corrected chi connectivity index (χ2v) is 4.48. The van der Waals surface area contributed by atoms with Crippen molar-refractivity contribution in [2.75, 3.05) is 5.73 Å². The fraction of sp³-hybridized carbons (Fsp3) is 0.308. The molecule has 0 aliphatic heterocycles. The van der Waals surface area contributed by atoms with Gasteiger partial charge in [0.05, 0.1) is 5.52 Å². The molecular weight excluding hydrogens is 220 g/mol. The van der Waals surface area contributed by atoms with Gasteiger partial charge in [-0.3, -0.25) is 4.98 Å². The molecule has 0 amide bonds. The lowest BCUT2D eigenvalue weighted by Gasteiger charge is -2.07. The highest BCUT2D eigenvalue weighted by Gasteiger charge is 2.05. The molecule has 84 valence electrons. The number of nitrogens with zero attached hydrogens (tertiary/aromatic N) is 1. The number of aryl methyl sites for hydroxylation is 2. The lowest BCUT2D eigenvalue weighted by Crippen LogP contribution is -1.96. The number of nitrogen functional groups attached to an aromatic ring is 1. The maximum atomic E-state index is 6.09. The highest BCUT2D eigenvalue weighted by atomic mass is 35.5. The Labute approximate surface area is 100 Å². The molecule has 0 spiro atoms. The van der Waals surface area contributed by atoms with Gasteiger partial charge in [0.2, 0.25) is 0 Å². The zero-order valence-corrected chi connectivity index (χ0v) is 10.3. The molecule has 16 heavy (non-hydrogen) atoms. The highest BCUT2D eigenvalue weighted by molar-refractivity contribution is 6.32. The largest absolute Gasteiger partial charge is 0.398 e. The normalized spacial score (nSPS) is 10.9. The molecule has 1 aromatic heterocycles. The molecule has 0 aliphatic rings. The minimum Gasteiger partial charge on any atom is -0.398 e. The maximum absolute atomic E-state index is 6.09. The van der Waals surface area contributed by atoms with E-state index in [0.29, 0.717) is 0 Å². The van der Waals surface area contributed by atoms with E-state index in [1.54, 1.807) is 0 Å². The second kappa shape index (κ2) is 4.30. The standard InChI is InChI=1S/C13H15ClN2/c1-3-4-9-6-12(15)10-5-8(2)11(14)7-13(10)16-9/h5-7H,3-4H2,1-2H3,(H2,15,16). The molecule has 0 unspecified atom stereocenters. The van der Waals surface area contributed by atoms with Crippen LogP contribution in [0.3, 0.4) is 0 Å². The van der Waals surface area contributed by atoms with Crippen molar-refractivity contribution in [2.45, 2.75) is 26.7 Å². The first-order valence-electron chi connectivity index (χ1n) is 5.47. The van der Waals surface area contributed by atoms with Gasteiger partial charge in [-0.1, -0.05) is 24.9 Å². The number of halogens is 1. The van der Waals surface area contributed by atoms with Crippen molar-refractivity contribution in [1.82, 2.24) is 4.98 Å². The van der Waals surface area contributed by atoms with Gasteiger partial charge in [0.1, 0.15) is 0 Å². The van der Waals surface area contributed by atoms with Crippen molar-refractivity contribution >= 4 is 28.2 Å². The molecule has 2 N–H and O–H groups in total. The monoisotopic (exact) mass is 234 g/mol. The van der Waals surface area contributed by atoms with Crippen LogP contribution in [0, 0.1) is 6.92 Å². The Kier molecular flexibility index (Phi) is 3.01. The van der Waals surface area contributed by atoms with Gasteiger partial charge in [-0.05, 0) is 37.1 Å². The zero-order valence-electron chi connectivity index (χ0n) is 9.55. The molecule has 0 bridgehead atoms. The lowest BCUT2D eigenvalue weighted by molar-refractivity contribution is 0.890. The predicted octanol–water partition coefficient (Wildman–Crippen LogP) is 3.73. The van der Waals surface area contributed by atoms with Crippen molar-refractivity contribution in [1.29, 1.82) is 0 Å². The first-order valence-corrected chi connectivity index (χ1v) is 5.85. The third-order valence-corrected chi connectivity index (χ3v) is 3.09. The number of rotatable bonds is 2. The second-order valence-electron chi connectivity index (χ2n) is 4.07. The fourth-order valence-electron chi connectivity index (χ4n) is 1.82. The van der Waals surface area contributed by atoms with Crippen LogP contribution in [0.15, 0.2) is 18.2 Å². The van der Waals surface area contributed by atoms with Gasteiger partial charge in [0.25, 0.3) is 0 Å². The molecule has 0 fully saturated rings. The number of benzene rings is 1. The van der Waals surface area contributed by atoms with Crippen LogP contribution in [0.4, 0.5) is 5.69 Å². The highest BCUT2D eigenvalue weighted by Crippen LogP contribution is 2.27. The fourth-order valence-corrected chi connectivity index (χ4v) is 1.98. The summed E-state index contributed by atoms with van der Waals surface area (Å²) in [4.78, 5) is 4.56. The number of hydrogen-bond acceptors (Lipinski definition) is 2. The van der Waals surface area contributed by atoms with E-state index in [2.05, 4.69) is 11.9 Å². The van der Waals surface area contributed by atoms with Crippen molar-refractivity contribution in [3.05, 3.63) is 34.5 Å². The summed E-state index contributed by atoms with van der Waals surface area (Å²) in [7, 11) is 0. The van der Waals surface area contributed by atoms with E-state index in [-0.39, 0.29) is 0 Å². The molecule has 2 rings (SSSR count). The lowest BCUT2D eigenvalue weighted by atomic mass is 10.1. The molecule has 0 saturated carbocycles. The molecule has 0 aliphatic carbocycles. The number of fused-ring (bicyclic) bond motifs is 1. The van der Waals surface area contributed by atoms with Gasteiger partial charge in [0.15, 0.2) is 0 Å². The predicted molar refractivity (Wildman–Crippen MR) is 69.9 cm³/mol. The van der Waals surface area contributed by atoms with Crippen LogP contribution in [0.25, 0.3) is 10.9 Å². The number of aromatic nitrogens is 1. The van der Waals surface area contributed by atoms with E-state index in [0.717, 1.165) is 45.7 Å². The van der Waals surface area contributed by atoms with E-state index >= 15 is 0 Å². The first-order chi connectivity index (χ1) is 7.61. The van der Waals surface area contributed by atoms with Gasteiger partial charge < -0.3 is 5.73 Å². The molecule has 2 nitrogen and oxygen atoms in total. The maximum Gasteiger partial charge on any atom is 0.0741 e. The minimum absolute atomic E-state index is 0.744. The molecule has 1 heterocycles. The van der Waals surface area contributed by atoms with Crippen LogP contribution in [-0.2, 0) is 6.42 Å². The summed E-state index contributed by atoms with van der Waals surface area (Å²) >= 11 is 6.09. The van der Waals surface area contributed by atoms with E-state index in [1.165, 1.54) is 0 Å². The van der Waals surface area contributed by atoms with Gasteiger partial charge in [-0.25, -0.2) is 0 Å². The number of pyridine rings is 1. The van der Waals surface area contributed by atoms with Gasteiger partial charge in [-0.2, -0.15) is 0 Å². The third kappa shape index (κ3) is 1.98. The van der Waals surface area contributed by atoms with E-state index < -0.39 is 0 Å². The third-order valence-electron chi connectivity index (χ3n) is 2.68. The first kappa shape index (κ1) is 11.2. The number of hydrogen-bond donors (Lipinski definition) is 1. The SMILES string of the molecule is CCCc1cc(N)c2cc(C)c(Cl)cc2n1. The molecule has 3 heteroatoms. The van der Waals surface area contributed by atoms with Gasteiger partial charge in [-0.15, -0.1) is 0 Å². The molecule has 0 atom stereocenters. The summed E-state index contributed by atoms with van der Waals surface area (Å²) in [5.41, 5.74) is 9.76. The molecular formula is C13H15ClN2. The van der Waals surface area contributed by atoms with Crippen LogP contribution >= 0.6 is 11.6 Å². The number of anilines is 1. The Morgan fingerprint density at radius 2 is 2.06 bits per heavy atom. The summed E-state index contributed by atoms with van der Waals surface area (Å²) < 4.78 is 0. The Bertz CT molecular complexity index is 535. The summed E-state index contributed by atoms with van der Waals surface area (Å²) in [6.45, 7) is 4.10. The Hall–Kier alpha value is -1.28. The minimum atomic E-state index is 0.744. The van der Waals surface area contributed by atoms with Crippen molar-refractivity contribution in [3.63, 3.8) is 0 Å². The van der Waals surface area contributed by atoms with E-state index in [4.69, 9.17) is 17.3 Å². The smallest absolute Gasteiger partial charge is 0.0741 e. The van der Waals surface area contributed by atoms with Crippen molar-refractivity contribution in [3.8, 4) is 0 Å². The van der Waals surface area contributed by atoms with Crippen LogP contribution in [0.2, 0.25) is 5.02 Å². The van der Waals surface area contributed by atoms with Crippen LogP contribution in [0.5, 0.6) is 0 Å². The van der Waals surface area contributed by atoms with Crippen LogP contribution in [0.1, 0.15) is 24.6 Å².